The van der Waals surface area contributed by atoms with Gasteiger partial charge in [0.15, 0.2) is 0 Å². The van der Waals surface area contributed by atoms with E-state index in [-0.39, 0.29) is 22.6 Å². The fourth-order valence-electron chi connectivity index (χ4n) is 3.81. The lowest BCUT2D eigenvalue weighted by atomic mass is 10.0. The van der Waals surface area contributed by atoms with Crippen LogP contribution in [0, 0.1) is 5.92 Å². The van der Waals surface area contributed by atoms with Crippen LogP contribution in [-0.4, -0.2) is 39.4 Å². The highest BCUT2D eigenvalue weighted by Gasteiger charge is 2.30. The van der Waals surface area contributed by atoms with Gasteiger partial charge < -0.3 is 10.2 Å². The first-order chi connectivity index (χ1) is 15.2. The Hall–Kier alpha value is -2.71. The molecule has 1 aliphatic heterocycles. The van der Waals surface area contributed by atoms with Gasteiger partial charge in [0.05, 0.1) is 4.90 Å². The van der Waals surface area contributed by atoms with Crippen LogP contribution in [0.3, 0.4) is 0 Å². The predicted octanol–water partition coefficient (Wildman–Crippen LogP) is 2.65. The normalized spacial score (nSPS) is 14.3. The van der Waals surface area contributed by atoms with Crippen molar-refractivity contribution in [3.05, 3.63) is 59.7 Å². The zero-order valence-corrected chi connectivity index (χ0v) is 19.6. The number of anilines is 1. The fourth-order valence-corrected chi connectivity index (χ4v) is 5.20. The van der Waals surface area contributed by atoms with Gasteiger partial charge in [0.1, 0.15) is 6.04 Å². The summed E-state index contributed by atoms with van der Waals surface area (Å²) in [5, 5.41) is 2.84. The van der Waals surface area contributed by atoms with Crippen molar-refractivity contribution in [1.82, 2.24) is 10.0 Å². The summed E-state index contributed by atoms with van der Waals surface area (Å²) in [7, 11) is -3.91. The van der Waals surface area contributed by atoms with Crippen LogP contribution < -0.4 is 14.9 Å². The van der Waals surface area contributed by atoms with E-state index in [1.165, 1.54) is 6.07 Å². The third kappa shape index (κ3) is 5.55. The summed E-state index contributed by atoms with van der Waals surface area (Å²) in [6.45, 7) is 6.40. The molecule has 0 radical (unpaired) electrons. The van der Waals surface area contributed by atoms with Gasteiger partial charge in [-0.15, -0.1) is 0 Å². The molecule has 0 fully saturated rings. The van der Waals surface area contributed by atoms with Crippen molar-refractivity contribution in [2.75, 3.05) is 18.0 Å². The second-order valence-electron chi connectivity index (χ2n) is 8.31. The van der Waals surface area contributed by atoms with E-state index in [9.17, 15) is 18.0 Å². The number of hydrogen-bond acceptors (Lipinski definition) is 4. The maximum atomic E-state index is 13.0. The molecule has 2 aromatic rings. The first-order valence-corrected chi connectivity index (χ1v) is 12.5. The maximum absolute atomic E-state index is 13.0. The van der Waals surface area contributed by atoms with Gasteiger partial charge >= 0.3 is 0 Å². The third-order valence-corrected chi connectivity index (χ3v) is 7.09. The minimum absolute atomic E-state index is 0.0181. The number of amides is 2. The van der Waals surface area contributed by atoms with Crippen molar-refractivity contribution in [2.45, 2.75) is 51.0 Å². The van der Waals surface area contributed by atoms with Gasteiger partial charge in [-0.05, 0) is 48.1 Å². The molecule has 1 atom stereocenters. The number of sulfonamides is 1. The molecule has 1 aliphatic rings. The van der Waals surface area contributed by atoms with Gasteiger partial charge in [-0.2, -0.15) is 4.72 Å². The third-order valence-electron chi connectivity index (χ3n) is 5.65. The largest absolute Gasteiger partial charge is 0.354 e. The topological polar surface area (TPSA) is 95.6 Å². The number of carbonyl (C=O) groups is 2. The van der Waals surface area contributed by atoms with Gasteiger partial charge in [0.25, 0.3) is 0 Å². The van der Waals surface area contributed by atoms with Crippen LogP contribution >= 0.6 is 0 Å². The number of nitrogens with zero attached hydrogens (tertiary/aromatic N) is 1. The molecule has 0 bridgehead atoms. The molecule has 2 N–H and O–H groups in total. The Labute approximate surface area is 190 Å². The van der Waals surface area contributed by atoms with Gasteiger partial charge in [-0.3, -0.25) is 9.59 Å². The molecule has 3 rings (SSSR count). The van der Waals surface area contributed by atoms with E-state index in [0.717, 1.165) is 16.8 Å². The van der Waals surface area contributed by atoms with Crippen LogP contribution in [0.25, 0.3) is 0 Å². The highest BCUT2D eigenvalue weighted by atomic mass is 32.2. The zero-order valence-electron chi connectivity index (χ0n) is 18.8. The summed E-state index contributed by atoms with van der Waals surface area (Å²) in [5.41, 5.74) is 2.68. The van der Waals surface area contributed by atoms with Crippen LogP contribution in [0.1, 0.15) is 38.3 Å². The van der Waals surface area contributed by atoms with Gasteiger partial charge in [-0.1, -0.05) is 51.1 Å². The van der Waals surface area contributed by atoms with Crippen molar-refractivity contribution >= 4 is 27.5 Å². The molecule has 0 saturated heterocycles. The quantitative estimate of drug-likeness (QED) is 0.605. The van der Waals surface area contributed by atoms with E-state index in [2.05, 4.69) is 10.0 Å². The van der Waals surface area contributed by atoms with E-state index in [1.54, 1.807) is 37.8 Å². The smallest absolute Gasteiger partial charge is 0.241 e. The lowest BCUT2D eigenvalue weighted by Crippen LogP contribution is -2.49. The van der Waals surface area contributed by atoms with Gasteiger partial charge in [-0.25, -0.2) is 8.42 Å². The minimum atomic E-state index is -3.91. The molecule has 0 aliphatic carbocycles. The second kappa shape index (κ2) is 10.3. The minimum Gasteiger partial charge on any atom is -0.354 e. The average Bonchev–Trinajstić information content (AvgIpc) is 3.21. The fraction of sp³-hybridized carbons (Fsp3) is 0.417. The Morgan fingerprint density at radius 1 is 1.09 bits per heavy atom. The molecule has 172 valence electrons. The summed E-state index contributed by atoms with van der Waals surface area (Å²) in [4.78, 5) is 26.6. The summed E-state index contributed by atoms with van der Waals surface area (Å²) >= 11 is 0. The first-order valence-electron chi connectivity index (χ1n) is 11.0. The Morgan fingerprint density at radius 3 is 2.47 bits per heavy atom. The zero-order chi connectivity index (χ0) is 23.3. The van der Waals surface area contributed by atoms with Crippen molar-refractivity contribution in [2.24, 2.45) is 5.92 Å². The molecule has 2 amide bonds. The number of benzene rings is 2. The van der Waals surface area contributed by atoms with Crippen molar-refractivity contribution in [1.29, 1.82) is 0 Å². The number of carbonyl (C=O) groups excluding carboxylic acids is 2. The van der Waals surface area contributed by atoms with Crippen LogP contribution in [-0.2, 0) is 32.5 Å². The van der Waals surface area contributed by atoms with E-state index >= 15 is 0 Å². The molecular formula is C24H31N3O4S. The molecule has 8 heteroatoms. The van der Waals surface area contributed by atoms with Crippen molar-refractivity contribution in [3.63, 3.8) is 0 Å². The molecule has 2 aromatic carbocycles. The lowest BCUT2D eigenvalue weighted by Gasteiger charge is -2.22. The van der Waals surface area contributed by atoms with Crippen LogP contribution in [0.2, 0.25) is 0 Å². The SMILES string of the molecule is CCC(=O)N1CCc2cc(S(=O)(=O)N[C@H](C(=O)NCCc3ccccc3)C(C)C)ccc21. The molecule has 0 unspecified atom stereocenters. The Morgan fingerprint density at radius 2 is 1.81 bits per heavy atom. The first kappa shape index (κ1) is 23.9. The molecule has 0 saturated carbocycles. The molecule has 1 heterocycles. The number of hydrogen-bond donors (Lipinski definition) is 2. The Bertz CT molecular complexity index is 1070. The average molecular weight is 458 g/mol. The number of nitrogens with one attached hydrogen (secondary N) is 2. The summed E-state index contributed by atoms with van der Waals surface area (Å²) in [6.07, 6.45) is 1.68. The monoisotopic (exact) mass is 457 g/mol. The van der Waals surface area contributed by atoms with Gasteiger partial charge in [0, 0.05) is 25.2 Å². The van der Waals surface area contributed by atoms with Crippen LogP contribution in [0.4, 0.5) is 5.69 Å². The van der Waals surface area contributed by atoms with E-state index < -0.39 is 16.1 Å². The summed E-state index contributed by atoms with van der Waals surface area (Å²) in [5.74, 6) is -0.557. The van der Waals surface area contributed by atoms with Crippen LogP contribution in [0.15, 0.2) is 53.4 Å². The number of fused-ring (bicyclic) bond motifs is 1. The second-order valence-corrected chi connectivity index (χ2v) is 10.0. The molecule has 0 spiro atoms. The molecule has 7 nitrogen and oxygen atoms in total. The molecule has 0 aromatic heterocycles. The Kier molecular flexibility index (Phi) is 7.69. The van der Waals surface area contributed by atoms with Crippen molar-refractivity contribution < 1.29 is 18.0 Å². The Balaban J connectivity index is 1.69. The van der Waals surface area contributed by atoms with Crippen molar-refractivity contribution in [3.8, 4) is 0 Å². The van der Waals surface area contributed by atoms with E-state index in [1.807, 2.05) is 30.3 Å². The number of rotatable bonds is 9. The maximum Gasteiger partial charge on any atom is 0.241 e. The molecular weight excluding hydrogens is 426 g/mol. The van der Waals surface area contributed by atoms with E-state index in [0.29, 0.717) is 32.4 Å². The summed E-state index contributed by atoms with van der Waals surface area (Å²) < 4.78 is 28.7. The predicted molar refractivity (Wildman–Crippen MR) is 125 cm³/mol. The molecule has 32 heavy (non-hydrogen) atoms. The highest BCUT2D eigenvalue weighted by molar-refractivity contribution is 7.89. The van der Waals surface area contributed by atoms with E-state index in [4.69, 9.17) is 0 Å². The standard InChI is InChI=1S/C24H31N3O4S/c1-4-22(28)27-15-13-19-16-20(10-11-21(19)27)32(30,31)26-23(17(2)3)24(29)25-14-12-18-8-6-5-7-9-18/h5-11,16-17,23,26H,4,12-15H2,1-3H3,(H,25,29)/t23-/m0/s1. The lowest BCUT2D eigenvalue weighted by molar-refractivity contribution is -0.123. The highest BCUT2D eigenvalue weighted by Crippen LogP contribution is 2.30. The summed E-state index contributed by atoms with van der Waals surface area (Å²) in [6, 6.07) is 13.7. The van der Waals surface area contributed by atoms with Gasteiger partial charge in [0.2, 0.25) is 21.8 Å². The van der Waals surface area contributed by atoms with Crippen LogP contribution in [0.5, 0.6) is 0 Å².